The zero-order valence-electron chi connectivity index (χ0n) is 17.1. The molecule has 1 aliphatic heterocycles. The summed E-state index contributed by atoms with van der Waals surface area (Å²) in [6.45, 7) is -0.170. The summed E-state index contributed by atoms with van der Waals surface area (Å²) in [7, 11) is 0. The van der Waals surface area contributed by atoms with Gasteiger partial charge in [-0.05, 0) is 55.2 Å². The fourth-order valence-corrected chi connectivity index (χ4v) is 3.24. The molecule has 10 heteroatoms. The molecule has 0 saturated heterocycles. The number of halogens is 3. The average molecular weight is 469 g/mol. The number of amides is 2. The second-order valence-corrected chi connectivity index (χ2v) is 7.71. The summed E-state index contributed by atoms with van der Waals surface area (Å²) in [5, 5.41) is 15.2. The quantitative estimate of drug-likeness (QED) is 0.525. The molecule has 0 aromatic heterocycles. The molecule has 0 unspecified atom stereocenters. The van der Waals surface area contributed by atoms with Crippen LogP contribution in [0.1, 0.15) is 18.4 Å². The van der Waals surface area contributed by atoms with Crippen molar-refractivity contribution in [2.24, 2.45) is 0 Å². The first-order valence-corrected chi connectivity index (χ1v) is 10.4. The number of carbonyl (C=O) groups excluding carboxylic acids is 2. The SMILES string of the molecule is O=C(COc1ccc(Cl)c(F)c1)NCC[C@H](O)CNC(=O)[C@H]1CCc2cc(F)ccc2O1. The minimum atomic E-state index is -0.879. The van der Waals surface area contributed by atoms with Gasteiger partial charge in [0.2, 0.25) is 0 Å². The number of aliphatic hydroxyl groups excluding tert-OH is 1. The zero-order valence-corrected chi connectivity index (χ0v) is 17.8. The van der Waals surface area contributed by atoms with Crippen molar-refractivity contribution in [3.63, 3.8) is 0 Å². The van der Waals surface area contributed by atoms with E-state index >= 15 is 0 Å². The van der Waals surface area contributed by atoms with Crippen molar-refractivity contribution < 1.29 is 33.0 Å². The molecule has 1 heterocycles. The van der Waals surface area contributed by atoms with E-state index in [1.54, 1.807) is 0 Å². The van der Waals surface area contributed by atoms with E-state index in [0.717, 1.165) is 11.6 Å². The number of fused-ring (bicyclic) bond motifs is 1. The van der Waals surface area contributed by atoms with E-state index in [-0.39, 0.29) is 48.6 Å². The van der Waals surface area contributed by atoms with Crippen LogP contribution in [-0.2, 0) is 16.0 Å². The first kappa shape index (κ1) is 23.7. The maximum absolute atomic E-state index is 13.3. The molecule has 0 aliphatic carbocycles. The smallest absolute Gasteiger partial charge is 0.261 e. The fourth-order valence-electron chi connectivity index (χ4n) is 3.12. The molecule has 2 aromatic rings. The van der Waals surface area contributed by atoms with Crippen LogP contribution in [0.3, 0.4) is 0 Å². The van der Waals surface area contributed by atoms with Crippen LogP contribution in [0.2, 0.25) is 5.02 Å². The van der Waals surface area contributed by atoms with E-state index in [1.165, 1.54) is 30.3 Å². The molecule has 0 saturated carbocycles. The van der Waals surface area contributed by atoms with Gasteiger partial charge in [0.25, 0.3) is 11.8 Å². The Morgan fingerprint density at radius 1 is 1.22 bits per heavy atom. The number of aliphatic hydroxyl groups is 1. The molecule has 0 radical (unpaired) electrons. The van der Waals surface area contributed by atoms with E-state index < -0.39 is 23.9 Å². The third-order valence-electron chi connectivity index (χ3n) is 4.83. The van der Waals surface area contributed by atoms with Gasteiger partial charge in [-0.1, -0.05) is 11.6 Å². The molecule has 0 bridgehead atoms. The first-order valence-electron chi connectivity index (χ1n) is 10.1. The molecule has 3 N–H and O–H groups in total. The van der Waals surface area contributed by atoms with E-state index in [2.05, 4.69) is 10.6 Å². The van der Waals surface area contributed by atoms with Crippen molar-refractivity contribution in [2.45, 2.75) is 31.5 Å². The van der Waals surface area contributed by atoms with Crippen molar-refractivity contribution in [2.75, 3.05) is 19.7 Å². The Balaban J connectivity index is 1.31. The van der Waals surface area contributed by atoms with Gasteiger partial charge in [-0.25, -0.2) is 8.78 Å². The molecule has 0 spiro atoms. The van der Waals surface area contributed by atoms with Gasteiger partial charge in [0.15, 0.2) is 12.7 Å². The number of ether oxygens (including phenoxy) is 2. The largest absolute Gasteiger partial charge is 0.484 e. The molecule has 32 heavy (non-hydrogen) atoms. The number of carbonyl (C=O) groups is 2. The Morgan fingerprint density at radius 3 is 2.81 bits per heavy atom. The summed E-state index contributed by atoms with van der Waals surface area (Å²) in [6.07, 6.45) is -0.462. The molecular weight excluding hydrogens is 446 g/mol. The lowest BCUT2D eigenvalue weighted by Crippen LogP contribution is -2.43. The standard InChI is InChI=1S/C22H23ClF2N2O5/c23-17-4-3-16(10-18(17)25)31-12-21(29)26-8-7-15(28)11-27-22(30)20-5-1-13-9-14(24)2-6-19(13)32-20/h2-4,6,9-10,15,20,28H,1,5,7-8,11-12H2,(H,26,29)(H,27,30)/t15-,20+/m0/s1. The van der Waals surface area contributed by atoms with Crippen molar-refractivity contribution in [1.82, 2.24) is 10.6 Å². The second kappa shape index (κ2) is 11.1. The van der Waals surface area contributed by atoms with E-state index in [1.807, 2.05) is 0 Å². The van der Waals surface area contributed by atoms with Gasteiger partial charge < -0.3 is 25.2 Å². The highest BCUT2D eigenvalue weighted by atomic mass is 35.5. The Morgan fingerprint density at radius 2 is 2.03 bits per heavy atom. The summed E-state index contributed by atoms with van der Waals surface area (Å²) < 4.78 is 37.4. The van der Waals surface area contributed by atoms with Gasteiger partial charge in [-0.2, -0.15) is 0 Å². The van der Waals surface area contributed by atoms with Gasteiger partial charge in [-0.3, -0.25) is 9.59 Å². The molecule has 2 aromatic carbocycles. The zero-order chi connectivity index (χ0) is 23.1. The summed E-state index contributed by atoms with van der Waals surface area (Å²) in [6, 6.07) is 8.00. The van der Waals surface area contributed by atoms with E-state index in [0.29, 0.717) is 18.6 Å². The topological polar surface area (TPSA) is 96.9 Å². The predicted octanol–water partition coefficient (Wildman–Crippen LogP) is 2.37. The maximum atomic E-state index is 13.3. The van der Waals surface area contributed by atoms with Crippen molar-refractivity contribution in [3.8, 4) is 11.5 Å². The lowest BCUT2D eigenvalue weighted by atomic mass is 10.0. The lowest BCUT2D eigenvalue weighted by Gasteiger charge is -2.25. The molecule has 172 valence electrons. The number of aryl methyl sites for hydroxylation is 1. The van der Waals surface area contributed by atoms with Crippen LogP contribution in [0.4, 0.5) is 8.78 Å². The van der Waals surface area contributed by atoms with Crippen molar-refractivity contribution >= 4 is 23.4 Å². The summed E-state index contributed by atoms with van der Waals surface area (Å²) in [5.41, 5.74) is 0.718. The summed E-state index contributed by atoms with van der Waals surface area (Å²) in [5.74, 6) is -1.16. The Labute approximate surface area is 188 Å². The van der Waals surface area contributed by atoms with Crippen molar-refractivity contribution in [1.29, 1.82) is 0 Å². The minimum absolute atomic E-state index is 0.00854. The summed E-state index contributed by atoms with van der Waals surface area (Å²) >= 11 is 5.58. The second-order valence-electron chi connectivity index (χ2n) is 7.30. The van der Waals surface area contributed by atoms with Gasteiger partial charge in [0.05, 0.1) is 11.1 Å². The number of hydrogen-bond acceptors (Lipinski definition) is 5. The van der Waals surface area contributed by atoms with Gasteiger partial charge in [0, 0.05) is 19.2 Å². The fraction of sp³-hybridized carbons (Fsp3) is 0.364. The average Bonchev–Trinajstić information content (AvgIpc) is 2.77. The molecule has 7 nitrogen and oxygen atoms in total. The highest BCUT2D eigenvalue weighted by Crippen LogP contribution is 2.28. The molecule has 1 aliphatic rings. The van der Waals surface area contributed by atoms with Crippen molar-refractivity contribution in [3.05, 3.63) is 58.6 Å². The Hall–Kier alpha value is -2.91. The van der Waals surface area contributed by atoms with Gasteiger partial charge in [-0.15, -0.1) is 0 Å². The molecule has 3 rings (SSSR count). The van der Waals surface area contributed by atoms with Crippen LogP contribution in [0, 0.1) is 11.6 Å². The van der Waals surface area contributed by atoms with Crippen LogP contribution >= 0.6 is 11.6 Å². The predicted molar refractivity (Wildman–Crippen MR) is 113 cm³/mol. The van der Waals surface area contributed by atoms with Crippen LogP contribution in [0.25, 0.3) is 0 Å². The van der Waals surface area contributed by atoms with E-state index in [9.17, 15) is 23.5 Å². The molecular formula is C22H23ClF2N2O5. The molecule has 2 amide bonds. The van der Waals surface area contributed by atoms with E-state index in [4.69, 9.17) is 21.1 Å². The molecule has 0 fully saturated rings. The van der Waals surface area contributed by atoms with Crippen LogP contribution in [-0.4, -0.2) is 48.8 Å². The van der Waals surface area contributed by atoms with Gasteiger partial charge >= 0.3 is 0 Å². The lowest BCUT2D eigenvalue weighted by molar-refractivity contribution is -0.129. The molecule has 2 atom stereocenters. The number of hydrogen-bond donors (Lipinski definition) is 3. The van der Waals surface area contributed by atoms with Crippen LogP contribution in [0.15, 0.2) is 36.4 Å². The number of rotatable bonds is 9. The Kier molecular flexibility index (Phi) is 8.24. The third kappa shape index (κ3) is 6.80. The monoisotopic (exact) mass is 468 g/mol. The maximum Gasteiger partial charge on any atom is 0.261 e. The minimum Gasteiger partial charge on any atom is -0.484 e. The highest BCUT2D eigenvalue weighted by molar-refractivity contribution is 6.30. The summed E-state index contributed by atoms with van der Waals surface area (Å²) in [4.78, 5) is 24.1. The van der Waals surface area contributed by atoms with Crippen LogP contribution < -0.4 is 20.1 Å². The highest BCUT2D eigenvalue weighted by Gasteiger charge is 2.26. The number of nitrogens with one attached hydrogen (secondary N) is 2. The first-order chi connectivity index (χ1) is 15.3. The normalized spacial score (nSPS) is 15.8. The number of benzene rings is 2. The third-order valence-corrected chi connectivity index (χ3v) is 5.14. The Bertz CT molecular complexity index is 975. The van der Waals surface area contributed by atoms with Gasteiger partial charge in [0.1, 0.15) is 23.1 Å². The van der Waals surface area contributed by atoms with Crippen LogP contribution in [0.5, 0.6) is 11.5 Å².